The lowest BCUT2D eigenvalue weighted by molar-refractivity contribution is 0.126. The summed E-state index contributed by atoms with van der Waals surface area (Å²) in [5.41, 5.74) is 2.71. The molecule has 2 aromatic rings. The topological polar surface area (TPSA) is 32.3 Å². The smallest absolute Gasteiger partial charge is 0.128 e. The minimum Gasteiger partial charge on any atom is -0.369 e. The normalized spacial score (nSPS) is 19.7. The van der Waals surface area contributed by atoms with Crippen molar-refractivity contribution >= 4 is 11.5 Å². The fourth-order valence-electron chi connectivity index (χ4n) is 5.60. The molecule has 0 saturated carbocycles. The Balaban J connectivity index is 0.000000174. The maximum Gasteiger partial charge on any atom is 0.128 e. The Morgan fingerprint density at radius 2 is 0.976 bits per heavy atom. The van der Waals surface area contributed by atoms with Gasteiger partial charge in [0.25, 0.3) is 0 Å². The van der Waals surface area contributed by atoms with E-state index in [1.54, 1.807) is 0 Å². The van der Waals surface area contributed by atoms with E-state index in [1.807, 2.05) is 12.3 Å². The second-order valence-electron chi connectivity index (χ2n) is 12.7. The lowest BCUT2D eigenvalue weighted by Crippen LogP contribution is -2.49. The molecule has 0 radical (unpaired) electrons. The van der Waals surface area contributed by atoms with Crippen molar-refractivity contribution in [1.82, 2.24) is 24.6 Å². The first kappa shape index (κ1) is 33.3. The number of hydrogen-bond donors (Lipinski definition) is 0. The van der Waals surface area contributed by atoms with Crippen molar-refractivity contribution in [3.05, 3.63) is 54.2 Å². The van der Waals surface area contributed by atoms with Gasteiger partial charge in [-0.15, -0.1) is 0 Å². The van der Waals surface area contributed by atoms with Crippen LogP contribution >= 0.6 is 0 Å². The minimum absolute atomic E-state index is 0.663. The molecular weight excluding hydrogens is 506 g/mol. The molecular formula is C34H59N7. The molecule has 7 nitrogen and oxygen atoms in total. The Bertz CT molecular complexity index is 939. The van der Waals surface area contributed by atoms with Crippen LogP contribution in [0.1, 0.15) is 47.1 Å². The Morgan fingerprint density at radius 3 is 1.39 bits per heavy atom. The number of piperazine rings is 3. The molecule has 0 amide bonds. The molecule has 4 heterocycles. The summed E-state index contributed by atoms with van der Waals surface area (Å²) in [7, 11) is 2.19. The molecule has 230 valence electrons. The maximum absolute atomic E-state index is 4.38. The summed E-state index contributed by atoms with van der Waals surface area (Å²) in [5, 5.41) is 0. The second-order valence-corrected chi connectivity index (χ2v) is 12.7. The summed E-state index contributed by atoms with van der Waals surface area (Å²) < 4.78 is 0. The third-order valence-electron chi connectivity index (χ3n) is 8.73. The molecule has 41 heavy (non-hydrogen) atoms. The van der Waals surface area contributed by atoms with Crippen LogP contribution in [0.5, 0.6) is 0 Å². The number of likely N-dealkylation sites (N-methyl/N-ethyl adjacent to an activating group) is 1. The third-order valence-corrected chi connectivity index (χ3v) is 8.73. The zero-order valence-electron chi connectivity index (χ0n) is 27.5. The van der Waals surface area contributed by atoms with Crippen LogP contribution in [0.15, 0.2) is 48.7 Å². The van der Waals surface area contributed by atoms with E-state index in [2.05, 4.69) is 126 Å². The van der Waals surface area contributed by atoms with Gasteiger partial charge in [-0.05, 0) is 79.8 Å². The van der Waals surface area contributed by atoms with Gasteiger partial charge in [-0.2, -0.15) is 0 Å². The fourth-order valence-corrected chi connectivity index (χ4v) is 5.60. The van der Waals surface area contributed by atoms with Crippen molar-refractivity contribution in [2.45, 2.75) is 66.6 Å². The number of benzene rings is 1. The van der Waals surface area contributed by atoms with E-state index in [4.69, 9.17) is 0 Å². The van der Waals surface area contributed by atoms with E-state index in [0.717, 1.165) is 51.1 Å². The first-order valence-corrected chi connectivity index (χ1v) is 16.0. The van der Waals surface area contributed by atoms with Crippen LogP contribution in [0.4, 0.5) is 11.5 Å². The van der Waals surface area contributed by atoms with Crippen molar-refractivity contribution in [3.8, 4) is 0 Å². The van der Waals surface area contributed by atoms with Crippen LogP contribution < -0.4 is 9.80 Å². The highest BCUT2D eigenvalue weighted by atomic mass is 15.3. The van der Waals surface area contributed by atoms with Gasteiger partial charge in [-0.25, -0.2) is 4.98 Å². The van der Waals surface area contributed by atoms with Crippen LogP contribution in [0.3, 0.4) is 0 Å². The Hall–Kier alpha value is -2.19. The molecule has 5 rings (SSSR count). The zero-order chi connectivity index (χ0) is 29.8. The zero-order valence-corrected chi connectivity index (χ0v) is 27.5. The molecule has 3 fully saturated rings. The van der Waals surface area contributed by atoms with E-state index >= 15 is 0 Å². The van der Waals surface area contributed by atoms with Gasteiger partial charge in [0.2, 0.25) is 0 Å². The van der Waals surface area contributed by atoms with Crippen LogP contribution in [0, 0.1) is 6.92 Å². The molecule has 0 bridgehead atoms. The number of anilines is 2. The van der Waals surface area contributed by atoms with E-state index < -0.39 is 0 Å². The minimum atomic E-state index is 0.663. The van der Waals surface area contributed by atoms with Gasteiger partial charge in [0, 0.05) is 109 Å². The van der Waals surface area contributed by atoms with E-state index in [0.29, 0.717) is 12.1 Å². The molecule has 0 atom stereocenters. The van der Waals surface area contributed by atoms with Gasteiger partial charge in [-0.1, -0.05) is 23.8 Å². The lowest BCUT2D eigenvalue weighted by atomic mass is 10.2. The molecule has 0 spiro atoms. The van der Waals surface area contributed by atoms with Crippen LogP contribution in [0.2, 0.25) is 0 Å². The summed E-state index contributed by atoms with van der Waals surface area (Å²) in [6, 6.07) is 17.1. The quantitative estimate of drug-likeness (QED) is 0.516. The molecule has 3 aliphatic rings. The number of nitrogens with zero attached hydrogens (tertiary/aromatic N) is 7. The Labute approximate surface area is 252 Å². The summed E-state index contributed by atoms with van der Waals surface area (Å²) in [6.07, 6.45) is 1.87. The molecule has 3 aliphatic heterocycles. The first-order chi connectivity index (χ1) is 19.6. The number of pyridine rings is 1. The largest absolute Gasteiger partial charge is 0.369 e. The molecule has 7 heteroatoms. The van der Waals surface area contributed by atoms with Gasteiger partial charge in [0.05, 0.1) is 0 Å². The predicted molar refractivity (Wildman–Crippen MR) is 177 cm³/mol. The van der Waals surface area contributed by atoms with E-state index in [-0.39, 0.29) is 0 Å². The number of aryl methyl sites for hydroxylation is 1. The highest BCUT2D eigenvalue weighted by Crippen LogP contribution is 2.18. The monoisotopic (exact) mass is 565 g/mol. The fraction of sp³-hybridized carbons (Fsp3) is 0.676. The number of rotatable bonds is 5. The van der Waals surface area contributed by atoms with Crippen molar-refractivity contribution in [1.29, 1.82) is 0 Å². The first-order valence-electron chi connectivity index (χ1n) is 16.0. The van der Waals surface area contributed by atoms with Gasteiger partial charge in [-0.3, -0.25) is 14.7 Å². The predicted octanol–water partition coefficient (Wildman–Crippen LogP) is 4.78. The average Bonchev–Trinajstić information content (AvgIpc) is 2.99. The lowest BCUT2D eigenvalue weighted by Gasteiger charge is -2.38. The molecule has 0 N–H and O–H groups in total. The number of hydrogen-bond acceptors (Lipinski definition) is 7. The van der Waals surface area contributed by atoms with Crippen LogP contribution in [0.25, 0.3) is 0 Å². The van der Waals surface area contributed by atoms with Crippen molar-refractivity contribution in [3.63, 3.8) is 0 Å². The van der Waals surface area contributed by atoms with Gasteiger partial charge in [0.15, 0.2) is 0 Å². The molecule has 0 aliphatic carbocycles. The highest BCUT2D eigenvalue weighted by Gasteiger charge is 2.20. The maximum atomic E-state index is 4.38. The van der Waals surface area contributed by atoms with Crippen molar-refractivity contribution < 1.29 is 0 Å². The van der Waals surface area contributed by atoms with Gasteiger partial charge < -0.3 is 14.7 Å². The third kappa shape index (κ3) is 11.2. The number of aromatic nitrogens is 1. The second kappa shape index (κ2) is 17.1. The summed E-state index contributed by atoms with van der Waals surface area (Å²) in [4.78, 5) is 19.2. The molecule has 3 saturated heterocycles. The summed E-state index contributed by atoms with van der Waals surface area (Å²) in [6.45, 7) is 29.9. The SMILES string of the molecule is CC(C)N1CCN(C)CC1.CC(C)N1CCN(c2ccccn2)CC1.Cc1ccc(N2CCN(C(C)C)CC2)cc1. The van der Waals surface area contributed by atoms with Crippen molar-refractivity contribution in [2.75, 3.05) is 95.4 Å². The Kier molecular flexibility index (Phi) is 13.9. The highest BCUT2D eigenvalue weighted by molar-refractivity contribution is 5.47. The summed E-state index contributed by atoms with van der Waals surface area (Å²) in [5.74, 6) is 1.11. The van der Waals surface area contributed by atoms with E-state index in [1.165, 1.54) is 50.5 Å². The summed E-state index contributed by atoms with van der Waals surface area (Å²) >= 11 is 0. The molecule has 1 aromatic carbocycles. The average molecular weight is 566 g/mol. The molecule has 0 unspecified atom stereocenters. The van der Waals surface area contributed by atoms with Crippen LogP contribution in [-0.4, -0.2) is 128 Å². The van der Waals surface area contributed by atoms with Gasteiger partial charge in [0.1, 0.15) is 5.82 Å². The standard InChI is InChI=1S/C14H22N2.C12H19N3.C8H18N2/c1-12(2)15-8-10-16(11-9-15)14-6-4-13(3)5-7-14;1-11(2)14-7-9-15(10-8-14)12-5-3-4-6-13-12;1-8(2)10-6-4-9(3)5-7-10/h4-7,12H,8-11H2,1-3H3;3-6,11H,7-10H2,1-2H3;8H,4-7H2,1-3H3. The Morgan fingerprint density at radius 1 is 0.537 bits per heavy atom. The van der Waals surface area contributed by atoms with Crippen molar-refractivity contribution in [2.24, 2.45) is 0 Å². The molecule has 1 aromatic heterocycles. The van der Waals surface area contributed by atoms with E-state index in [9.17, 15) is 0 Å². The van der Waals surface area contributed by atoms with Crippen LogP contribution in [-0.2, 0) is 0 Å². The van der Waals surface area contributed by atoms with Gasteiger partial charge >= 0.3 is 0 Å².